The fourth-order valence-electron chi connectivity index (χ4n) is 3.22. The lowest BCUT2D eigenvalue weighted by Gasteiger charge is -2.21. The normalized spacial score (nSPS) is 20.5. The van der Waals surface area contributed by atoms with Crippen molar-refractivity contribution < 1.29 is 4.79 Å². The number of carbonyl (C=O) groups excluding carboxylic acids is 1. The summed E-state index contributed by atoms with van der Waals surface area (Å²) in [7, 11) is 0. The molecular formula is C17H28Cl2N4O. The van der Waals surface area contributed by atoms with Crippen LogP contribution in [0.3, 0.4) is 0 Å². The molecular weight excluding hydrogens is 347 g/mol. The highest BCUT2D eigenvalue weighted by molar-refractivity contribution is 5.85. The van der Waals surface area contributed by atoms with Gasteiger partial charge in [-0.05, 0) is 37.4 Å². The molecule has 3 rings (SSSR count). The highest BCUT2D eigenvalue weighted by Crippen LogP contribution is 2.17. The summed E-state index contributed by atoms with van der Waals surface area (Å²) < 4.78 is 0. The van der Waals surface area contributed by atoms with Crippen LogP contribution in [0.15, 0.2) is 18.3 Å². The van der Waals surface area contributed by atoms with E-state index in [9.17, 15) is 4.79 Å². The predicted octanol–water partition coefficient (Wildman–Crippen LogP) is 2.53. The van der Waals surface area contributed by atoms with Crippen molar-refractivity contribution in [3.63, 3.8) is 0 Å². The Bertz CT molecular complexity index is 484. The number of rotatable bonds is 4. The second-order valence-corrected chi connectivity index (χ2v) is 6.33. The molecule has 1 atom stereocenters. The minimum atomic E-state index is 0. The van der Waals surface area contributed by atoms with Gasteiger partial charge in [0.15, 0.2) is 0 Å². The molecule has 24 heavy (non-hydrogen) atoms. The zero-order valence-electron chi connectivity index (χ0n) is 14.0. The number of amides is 1. The Balaban J connectivity index is 0.00000144. The summed E-state index contributed by atoms with van der Waals surface area (Å²) in [5.74, 6) is 1.35. The van der Waals surface area contributed by atoms with Gasteiger partial charge in [-0.1, -0.05) is 18.9 Å². The molecule has 2 saturated heterocycles. The van der Waals surface area contributed by atoms with Gasteiger partial charge >= 0.3 is 0 Å². The molecule has 0 radical (unpaired) electrons. The minimum Gasteiger partial charge on any atom is -0.357 e. The van der Waals surface area contributed by atoms with Gasteiger partial charge in [0.1, 0.15) is 5.82 Å². The van der Waals surface area contributed by atoms with E-state index in [4.69, 9.17) is 0 Å². The minimum absolute atomic E-state index is 0. The SMILES string of the molecule is Cl.Cl.O=C(NCc1ccc(N2CCCCCC2)nc1)C1CCNC1. The van der Waals surface area contributed by atoms with Gasteiger partial charge in [-0.25, -0.2) is 4.98 Å². The quantitative estimate of drug-likeness (QED) is 0.849. The summed E-state index contributed by atoms with van der Waals surface area (Å²) in [6, 6.07) is 4.17. The third-order valence-electron chi connectivity index (χ3n) is 4.64. The molecule has 1 unspecified atom stereocenters. The van der Waals surface area contributed by atoms with Crippen LogP contribution in [0.2, 0.25) is 0 Å². The average Bonchev–Trinajstić information content (AvgIpc) is 2.96. The first-order valence-electron chi connectivity index (χ1n) is 8.51. The molecule has 2 aliphatic heterocycles. The van der Waals surface area contributed by atoms with E-state index in [1.807, 2.05) is 6.20 Å². The number of halogens is 2. The lowest BCUT2D eigenvalue weighted by molar-refractivity contribution is -0.124. The molecule has 0 aromatic carbocycles. The van der Waals surface area contributed by atoms with Crippen molar-refractivity contribution in [3.05, 3.63) is 23.9 Å². The van der Waals surface area contributed by atoms with Gasteiger partial charge in [0, 0.05) is 32.4 Å². The Hall–Kier alpha value is -1.04. The van der Waals surface area contributed by atoms with Crippen molar-refractivity contribution in [2.75, 3.05) is 31.1 Å². The Kier molecular flexibility index (Phi) is 9.41. The van der Waals surface area contributed by atoms with Crippen LogP contribution in [0.4, 0.5) is 5.82 Å². The largest absolute Gasteiger partial charge is 0.357 e. The Morgan fingerprint density at radius 1 is 1.21 bits per heavy atom. The van der Waals surface area contributed by atoms with E-state index < -0.39 is 0 Å². The van der Waals surface area contributed by atoms with Crippen molar-refractivity contribution in [3.8, 4) is 0 Å². The van der Waals surface area contributed by atoms with E-state index in [0.717, 1.165) is 44.0 Å². The Morgan fingerprint density at radius 3 is 2.54 bits per heavy atom. The number of pyridine rings is 1. The standard InChI is InChI=1S/C17H26N4O.2ClH/c22-17(15-7-8-18-13-15)20-12-14-5-6-16(19-11-14)21-9-3-1-2-4-10-21;;/h5-6,11,15,18H,1-4,7-10,12-13H2,(H,20,22);2*1H. The third-order valence-corrected chi connectivity index (χ3v) is 4.64. The van der Waals surface area contributed by atoms with E-state index in [1.54, 1.807) is 0 Å². The molecule has 136 valence electrons. The summed E-state index contributed by atoms with van der Waals surface area (Å²) in [6.45, 7) is 4.54. The molecule has 5 nitrogen and oxygen atoms in total. The average molecular weight is 375 g/mol. The van der Waals surface area contributed by atoms with Gasteiger partial charge in [-0.3, -0.25) is 4.79 Å². The van der Waals surface area contributed by atoms with Gasteiger partial charge in [0.2, 0.25) is 5.91 Å². The Labute approximate surface area is 156 Å². The zero-order chi connectivity index (χ0) is 15.2. The Morgan fingerprint density at radius 2 is 1.96 bits per heavy atom. The second kappa shape index (κ2) is 10.7. The third kappa shape index (κ3) is 5.80. The topological polar surface area (TPSA) is 57.3 Å². The fraction of sp³-hybridized carbons (Fsp3) is 0.647. The molecule has 1 amide bonds. The molecule has 2 fully saturated rings. The number of nitrogens with zero attached hydrogens (tertiary/aromatic N) is 2. The summed E-state index contributed by atoms with van der Waals surface area (Å²) in [6.07, 6.45) is 8.02. The van der Waals surface area contributed by atoms with Gasteiger partial charge in [-0.15, -0.1) is 24.8 Å². The van der Waals surface area contributed by atoms with Crippen LogP contribution in [0.5, 0.6) is 0 Å². The molecule has 0 spiro atoms. The molecule has 1 aromatic heterocycles. The van der Waals surface area contributed by atoms with Crippen LogP contribution in [0.1, 0.15) is 37.7 Å². The molecule has 0 saturated carbocycles. The smallest absolute Gasteiger partial charge is 0.224 e. The van der Waals surface area contributed by atoms with Gasteiger partial charge in [-0.2, -0.15) is 0 Å². The molecule has 0 aliphatic carbocycles. The van der Waals surface area contributed by atoms with E-state index in [1.165, 1.54) is 25.7 Å². The first kappa shape index (κ1) is 21.0. The van der Waals surface area contributed by atoms with E-state index in [2.05, 4.69) is 32.7 Å². The number of nitrogens with one attached hydrogen (secondary N) is 2. The number of hydrogen-bond acceptors (Lipinski definition) is 4. The van der Waals surface area contributed by atoms with Crippen LogP contribution in [-0.4, -0.2) is 37.1 Å². The van der Waals surface area contributed by atoms with E-state index in [-0.39, 0.29) is 36.6 Å². The molecule has 2 aliphatic rings. The lowest BCUT2D eigenvalue weighted by atomic mass is 10.1. The lowest BCUT2D eigenvalue weighted by Crippen LogP contribution is -2.31. The van der Waals surface area contributed by atoms with Crippen LogP contribution in [0, 0.1) is 5.92 Å². The number of hydrogen-bond donors (Lipinski definition) is 2. The van der Waals surface area contributed by atoms with Crippen molar-refractivity contribution in [2.24, 2.45) is 5.92 Å². The summed E-state index contributed by atoms with van der Waals surface area (Å²) >= 11 is 0. The monoisotopic (exact) mass is 374 g/mol. The van der Waals surface area contributed by atoms with Gasteiger partial charge in [0.25, 0.3) is 0 Å². The number of aromatic nitrogens is 1. The van der Waals surface area contributed by atoms with Crippen molar-refractivity contribution in [1.82, 2.24) is 15.6 Å². The zero-order valence-corrected chi connectivity index (χ0v) is 15.6. The predicted molar refractivity (Wildman–Crippen MR) is 102 cm³/mol. The van der Waals surface area contributed by atoms with Crippen molar-refractivity contribution in [2.45, 2.75) is 38.6 Å². The van der Waals surface area contributed by atoms with Crippen LogP contribution in [-0.2, 0) is 11.3 Å². The van der Waals surface area contributed by atoms with E-state index >= 15 is 0 Å². The highest BCUT2D eigenvalue weighted by Gasteiger charge is 2.21. The maximum atomic E-state index is 12.0. The van der Waals surface area contributed by atoms with Crippen LogP contribution in [0.25, 0.3) is 0 Å². The maximum Gasteiger partial charge on any atom is 0.224 e. The molecule has 3 heterocycles. The van der Waals surface area contributed by atoms with Crippen molar-refractivity contribution in [1.29, 1.82) is 0 Å². The van der Waals surface area contributed by atoms with Crippen LogP contribution >= 0.6 is 24.8 Å². The summed E-state index contributed by atoms with van der Waals surface area (Å²) in [5, 5.41) is 6.24. The van der Waals surface area contributed by atoms with Gasteiger partial charge < -0.3 is 15.5 Å². The van der Waals surface area contributed by atoms with E-state index in [0.29, 0.717) is 6.54 Å². The fourth-order valence-corrected chi connectivity index (χ4v) is 3.22. The first-order chi connectivity index (χ1) is 10.8. The second-order valence-electron chi connectivity index (χ2n) is 6.33. The summed E-state index contributed by atoms with van der Waals surface area (Å²) in [5.41, 5.74) is 1.07. The van der Waals surface area contributed by atoms with Crippen LogP contribution < -0.4 is 15.5 Å². The molecule has 0 bridgehead atoms. The highest BCUT2D eigenvalue weighted by atomic mass is 35.5. The summed E-state index contributed by atoms with van der Waals surface area (Å²) in [4.78, 5) is 18.9. The molecule has 2 N–H and O–H groups in total. The first-order valence-corrected chi connectivity index (χ1v) is 8.51. The maximum absolute atomic E-state index is 12.0. The number of carbonyl (C=O) groups is 1. The molecule has 7 heteroatoms. The van der Waals surface area contributed by atoms with Crippen molar-refractivity contribution >= 4 is 36.5 Å². The number of anilines is 1. The molecule has 1 aromatic rings. The van der Waals surface area contributed by atoms with Gasteiger partial charge in [0.05, 0.1) is 5.92 Å².